The number of unbranched alkanes of at least 4 members (excludes halogenated alkanes) is 1. The molecule has 0 aliphatic carbocycles. The Morgan fingerprint density at radius 3 is 1.76 bits per heavy atom. The van der Waals surface area contributed by atoms with Crippen molar-refractivity contribution < 1.29 is 47.8 Å². The van der Waals surface area contributed by atoms with E-state index in [0.717, 1.165) is 5.56 Å². The van der Waals surface area contributed by atoms with Gasteiger partial charge >= 0.3 is 0 Å². The van der Waals surface area contributed by atoms with E-state index in [-0.39, 0.29) is 64.0 Å². The molecule has 7 N–H and O–H groups in total. The van der Waals surface area contributed by atoms with Gasteiger partial charge in [0.05, 0.1) is 38.9 Å². The molecule has 0 saturated carbocycles. The van der Waals surface area contributed by atoms with Gasteiger partial charge in [-0.15, -0.1) is 6.58 Å². The lowest BCUT2D eigenvalue weighted by atomic mass is 10.1. The largest absolute Gasteiger partial charge is 0.497 e. The summed E-state index contributed by atoms with van der Waals surface area (Å²) in [5.74, 6) is -3.27. The predicted molar refractivity (Wildman–Crippen MR) is 303 cm³/mol. The maximum absolute atomic E-state index is 14.9. The Morgan fingerprint density at radius 1 is 0.667 bits per heavy atom. The summed E-state index contributed by atoms with van der Waals surface area (Å²) in [6, 6.07) is 21.6. The number of primary amides is 1. The van der Waals surface area contributed by atoms with Gasteiger partial charge in [-0.05, 0) is 99.4 Å². The molecule has 0 aliphatic rings. The van der Waals surface area contributed by atoms with Crippen LogP contribution in [0, 0.1) is 5.92 Å². The smallest absolute Gasteiger partial charge is 0.243 e. The molecule has 4 atom stereocenters. The van der Waals surface area contributed by atoms with Crippen LogP contribution in [0.1, 0.15) is 82.2 Å². The minimum absolute atomic E-state index is 0.00646. The molecule has 20 nitrogen and oxygen atoms in total. The lowest BCUT2D eigenvalue weighted by Gasteiger charge is -2.35. The van der Waals surface area contributed by atoms with Crippen LogP contribution >= 0.6 is 11.8 Å². The van der Waals surface area contributed by atoms with Gasteiger partial charge in [0.15, 0.2) is 0 Å². The minimum Gasteiger partial charge on any atom is -0.497 e. The normalized spacial score (nSPS) is 12.5. The number of methoxy groups -OCH3 is 2. The lowest BCUT2D eigenvalue weighted by Crippen LogP contribution is -2.55. The van der Waals surface area contributed by atoms with Crippen molar-refractivity contribution in [1.82, 2.24) is 40.4 Å². The second kappa shape index (κ2) is 35.6. The quantitative estimate of drug-likeness (QED) is 0.0411. The summed E-state index contributed by atoms with van der Waals surface area (Å²) in [5.41, 5.74) is 13.4. The Labute approximate surface area is 465 Å². The number of rotatable bonds is 37. The zero-order valence-corrected chi connectivity index (χ0v) is 47.5. The summed E-state index contributed by atoms with van der Waals surface area (Å²) in [5, 5.41) is 8.59. The van der Waals surface area contributed by atoms with Gasteiger partial charge in [0.1, 0.15) is 44.0 Å². The maximum atomic E-state index is 14.9. The van der Waals surface area contributed by atoms with Crippen molar-refractivity contribution in [3.63, 3.8) is 0 Å². The number of carbonyl (C=O) groups is 8. The maximum Gasteiger partial charge on any atom is 0.243 e. The van der Waals surface area contributed by atoms with E-state index in [9.17, 15) is 38.4 Å². The molecule has 0 radical (unpaired) electrons. The summed E-state index contributed by atoms with van der Waals surface area (Å²) >= 11 is 1.48. The first-order chi connectivity index (χ1) is 37.4. The van der Waals surface area contributed by atoms with E-state index in [1.165, 1.54) is 56.6 Å². The van der Waals surface area contributed by atoms with Crippen LogP contribution in [0.2, 0.25) is 0 Å². The summed E-state index contributed by atoms with van der Waals surface area (Å²) in [6.07, 6.45) is 4.83. The number of nitrogens with two attached hydrogens (primary N) is 2. The Balaban J connectivity index is 2.02. The number of benzene rings is 3. The second-order valence-corrected chi connectivity index (χ2v) is 20.3. The van der Waals surface area contributed by atoms with E-state index in [1.807, 2.05) is 56.5 Å². The fourth-order valence-corrected chi connectivity index (χ4v) is 8.81. The highest BCUT2D eigenvalue weighted by Gasteiger charge is 2.33. The van der Waals surface area contributed by atoms with E-state index in [4.69, 9.17) is 20.9 Å². The fourth-order valence-electron chi connectivity index (χ4n) is 8.34. The van der Waals surface area contributed by atoms with Gasteiger partial charge in [-0.1, -0.05) is 92.7 Å². The molecule has 0 saturated heterocycles. The van der Waals surface area contributed by atoms with Crippen molar-refractivity contribution in [2.75, 3.05) is 98.3 Å². The van der Waals surface area contributed by atoms with Gasteiger partial charge in [-0.3, -0.25) is 38.4 Å². The molecule has 3 aromatic rings. The zero-order valence-electron chi connectivity index (χ0n) is 46.7. The van der Waals surface area contributed by atoms with Crippen LogP contribution in [-0.4, -0.2) is 182 Å². The van der Waals surface area contributed by atoms with Gasteiger partial charge in [-0.25, -0.2) is 0 Å². The number of thioether (sulfide) groups is 1. The summed E-state index contributed by atoms with van der Waals surface area (Å²) < 4.78 is 10.7. The first kappa shape index (κ1) is 65.5. The monoisotopic (exact) mass is 1100 g/mol. The van der Waals surface area contributed by atoms with Crippen molar-refractivity contribution in [2.45, 2.75) is 84.1 Å². The third-order valence-electron chi connectivity index (χ3n) is 12.9. The first-order valence-corrected chi connectivity index (χ1v) is 27.8. The first-order valence-electron chi connectivity index (χ1n) is 26.4. The summed E-state index contributed by atoms with van der Waals surface area (Å²) in [4.78, 5) is 119. The third-order valence-corrected chi connectivity index (χ3v) is 13.6. The number of amides is 8. The van der Waals surface area contributed by atoms with Crippen molar-refractivity contribution in [3.05, 3.63) is 114 Å². The number of nitrogens with zero attached hydrogens (tertiary/aromatic N) is 5. The molecule has 8 amide bonds. The van der Waals surface area contributed by atoms with Crippen LogP contribution in [0.5, 0.6) is 5.75 Å². The van der Waals surface area contributed by atoms with E-state index < -0.39 is 91.7 Å². The topological polar surface area (TPSA) is 259 Å². The fraction of sp³-hybridized carbons (Fsp3) is 0.509. The lowest BCUT2D eigenvalue weighted by molar-refractivity contribution is -0.149. The molecular formula is C57H84N10O10S. The molecular weight excluding hydrogens is 1020 g/mol. The van der Waals surface area contributed by atoms with Gasteiger partial charge in [0.2, 0.25) is 47.3 Å². The molecule has 3 rings (SSSR count). The van der Waals surface area contributed by atoms with E-state index in [2.05, 4.69) is 22.5 Å². The van der Waals surface area contributed by atoms with Gasteiger partial charge in [0, 0.05) is 26.7 Å². The molecule has 0 fully saturated rings. The molecule has 0 heterocycles. The van der Waals surface area contributed by atoms with Crippen molar-refractivity contribution in [1.29, 1.82) is 0 Å². The van der Waals surface area contributed by atoms with Crippen molar-refractivity contribution in [3.8, 4) is 5.75 Å². The average Bonchev–Trinajstić information content (AvgIpc) is 3.43. The third kappa shape index (κ3) is 22.6. The number of nitrogens with one attached hydrogen (secondary N) is 3. The van der Waals surface area contributed by atoms with E-state index in [1.54, 1.807) is 62.4 Å². The Morgan fingerprint density at radius 2 is 1.23 bits per heavy atom. The Bertz CT molecular complexity index is 2360. The predicted octanol–water partition coefficient (Wildman–Crippen LogP) is 3.28. The SMILES string of the molecule is C=CCN(CC(=O)N(CC(=O)NC(CCCCN)C(=O)NC(CCSC)C(N)=O)C(C)c1ccccc1)C(=O)CN(Cc1ccc(OC)cc1)C(=O)CN(C(=O)CN(CCOC)C(=O)CNCC(C)C)C(C)c1ccccc1. The molecule has 0 aliphatic heterocycles. The molecule has 4 unspecified atom stereocenters. The van der Waals surface area contributed by atoms with Crippen LogP contribution in [0.25, 0.3) is 0 Å². The van der Waals surface area contributed by atoms with Crippen LogP contribution < -0.4 is 32.2 Å². The second-order valence-electron chi connectivity index (χ2n) is 19.4. The van der Waals surface area contributed by atoms with Gasteiger partial charge < -0.3 is 61.4 Å². The summed E-state index contributed by atoms with van der Waals surface area (Å²) in [6.45, 7) is 9.99. The molecule has 0 bridgehead atoms. The minimum atomic E-state index is -1.09. The molecule has 21 heteroatoms. The zero-order chi connectivity index (χ0) is 57.6. The van der Waals surface area contributed by atoms with Crippen LogP contribution in [0.4, 0.5) is 0 Å². The Hall–Kier alpha value is -6.81. The Kier molecular flexibility index (Phi) is 29.9. The van der Waals surface area contributed by atoms with Crippen molar-refractivity contribution in [2.24, 2.45) is 17.4 Å². The number of hydrogen-bond donors (Lipinski definition) is 5. The highest BCUT2D eigenvalue weighted by molar-refractivity contribution is 7.98. The van der Waals surface area contributed by atoms with Crippen molar-refractivity contribution >= 4 is 59.0 Å². The number of ether oxygens (including phenoxy) is 2. The van der Waals surface area contributed by atoms with E-state index in [0.29, 0.717) is 48.6 Å². The van der Waals surface area contributed by atoms with Crippen LogP contribution in [-0.2, 0) is 49.6 Å². The number of carbonyl (C=O) groups excluding carboxylic acids is 8. The van der Waals surface area contributed by atoms with E-state index >= 15 is 0 Å². The van der Waals surface area contributed by atoms with Crippen LogP contribution in [0.3, 0.4) is 0 Å². The molecule has 0 aromatic heterocycles. The standard InChI is InChI=1S/C57H84N10O10S/c1-9-29-63(38-54(72)66(42(4)45-18-12-10-13-19-45)36-50(68)61-49(22-16-17-28-58)57(75)62-48(56(59)74)27-32-78-8)52(70)37-65(35-44-23-25-47(77-7)26-24-44)53(71)40-67(43(5)46-20-14-11-15-21-46)55(73)39-64(30-31-76-6)51(69)34-60-33-41(2)3/h9-15,18-21,23-26,41-43,48-49,60H,1,16-17,22,27-40,58H2,2-8H3,(H2,59,74)(H,61,68)(H,62,75). The number of hydrogen-bond acceptors (Lipinski definition) is 13. The average molecular weight is 1100 g/mol. The highest BCUT2D eigenvalue weighted by atomic mass is 32.2. The molecule has 0 spiro atoms. The molecule has 3 aromatic carbocycles. The van der Waals surface area contributed by atoms with Gasteiger partial charge in [-0.2, -0.15) is 11.8 Å². The molecule has 78 heavy (non-hydrogen) atoms. The van der Waals surface area contributed by atoms with Gasteiger partial charge in [0.25, 0.3) is 0 Å². The summed E-state index contributed by atoms with van der Waals surface area (Å²) in [7, 11) is 3.02. The van der Waals surface area contributed by atoms with Crippen LogP contribution in [0.15, 0.2) is 97.6 Å². The highest BCUT2D eigenvalue weighted by Crippen LogP contribution is 2.23. The molecule has 428 valence electrons.